The zero-order valence-electron chi connectivity index (χ0n) is 15.7. The van der Waals surface area contributed by atoms with Crippen LogP contribution in [-0.4, -0.2) is 45.0 Å². The number of nitrogens with zero attached hydrogens (tertiary/aromatic N) is 2. The summed E-state index contributed by atoms with van der Waals surface area (Å²) in [5.41, 5.74) is 2.16. The lowest BCUT2D eigenvalue weighted by molar-refractivity contribution is 0.0873. The third-order valence-electron chi connectivity index (χ3n) is 5.33. The standard InChI is InChI=1S/C21H24N4O3/c1-28-20-6-3-2-5-15(20)16-11-22-12-17(16)21(27)24-18-9-14(10-19(18)26)13-25-8-4-7-23-25/h2-8,11-12,14,18-19,22,26H,9-10,13H2,1H3,(H,24,27)/t14?,18-,19-/m1/s1. The van der Waals surface area contributed by atoms with Gasteiger partial charge < -0.3 is 20.1 Å². The first-order valence-electron chi connectivity index (χ1n) is 9.42. The Hall–Kier alpha value is -3.06. The number of hydrogen-bond donors (Lipinski definition) is 3. The van der Waals surface area contributed by atoms with Crippen LogP contribution in [0.5, 0.6) is 5.75 Å². The van der Waals surface area contributed by atoms with E-state index in [4.69, 9.17) is 4.74 Å². The fraction of sp³-hybridized carbons (Fsp3) is 0.333. The van der Waals surface area contributed by atoms with Crippen LogP contribution in [0.2, 0.25) is 0 Å². The average molecular weight is 380 g/mol. The Bertz CT molecular complexity index is 935. The van der Waals surface area contributed by atoms with Crippen molar-refractivity contribution in [1.82, 2.24) is 20.1 Å². The maximum Gasteiger partial charge on any atom is 0.253 e. The van der Waals surface area contributed by atoms with Crippen LogP contribution in [0.15, 0.2) is 55.1 Å². The van der Waals surface area contributed by atoms with Crippen LogP contribution in [0.25, 0.3) is 11.1 Å². The Morgan fingerprint density at radius 2 is 2.14 bits per heavy atom. The Morgan fingerprint density at radius 1 is 1.29 bits per heavy atom. The number of carbonyl (C=O) groups is 1. The molecule has 1 unspecified atom stereocenters. The second-order valence-electron chi connectivity index (χ2n) is 7.20. The van der Waals surface area contributed by atoms with Gasteiger partial charge in [0.15, 0.2) is 0 Å². The fourth-order valence-electron chi connectivity index (χ4n) is 3.98. The molecule has 1 aromatic carbocycles. The van der Waals surface area contributed by atoms with Crippen LogP contribution >= 0.6 is 0 Å². The van der Waals surface area contributed by atoms with Crippen molar-refractivity contribution in [2.45, 2.75) is 31.5 Å². The van der Waals surface area contributed by atoms with Gasteiger partial charge in [-0.3, -0.25) is 9.48 Å². The molecule has 7 heteroatoms. The van der Waals surface area contributed by atoms with Crippen molar-refractivity contribution in [2.24, 2.45) is 5.92 Å². The predicted molar refractivity (Wildman–Crippen MR) is 105 cm³/mol. The van der Waals surface area contributed by atoms with Gasteiger partial charge in [0.25, 0.3) is 5.91 Å². The molecule has 0 bridgehead atoms. The van der Waals surface area contributed by atoms with E-state index in [1.165, 1.54) is 0 Å². The number of aromatic amines is 1. The highest BCUT2D eigenvalue weighted by atomic mass is 16.5. The molecule has 146 valence electrons. The van der Waals surface area contributed by atoms with Gasteiger partial charge in [-0.2, -0.15) is 5.10 Å². The number of nitrogens with one attached hydrogen (secondary N) is 2. The molecule has 1 saturated carbocycles. The molecule has 0 aliphatic heterocycles. The maximum atomic E-state index is 12.9. The molecule has 3 N–H and O–H groups in total. The quantitative estimate of drug-likeness (QED) is 0.613. The first-order valence-corrected chi connectivity index (χ1v) is 9.42. The van der Waals surface area contributed by atoms with E-state index in [1.54, 1.807) is 25.7 Å². The summed E-state index contributed by atoms with van der Waals surface area (Å²) in [5, 5.41) is 17.7. The molecule has 1 fully saturated rings. The van der Waals surface area contributed by atoms with Crippen molar-refractivity contribution in [2.75, 3.05) is 7.11 Å². The van der Waals surface area contributed by atoms with Gasteiger partial charge in [0.2, 0.25) is 0 Å². The van der Waals surface area contributed by atoms with Crippen molar-refractivity contribution in [3.8, 4) is 16.9 Å². The number of ether oxygens (including phenoxy) is 1. The van der Waals surface area contributed by atoms with E-state index in [1.807, 2.05) is 41.2 Å². The summed E-state index contributed by atoms with van der Waals surface area (Å²) in [6.07, 6.45) is 7.95. The maximum absolute atomic E-state index is 12.9. The molecule has 3 atom stereocenters. The lowest BCUT2D eigenvalue weighted by atomic mass is 10.0. The number of amides is 1. The number of aliphatic hydroxyl groups excluding tert-OH is 1. The lowest BCUT2D eigenvalue weighted by Gasteiger charge is -2.17. The van der Waals surface area contributed by atoms with E-state index in [0.29, 0.717) is 17.7 Å². The molecule has 0 spiro atoms. The van der Waals surface area contributed by atoms with Gasteiger partial charge in [0.1, 0.15) is 5.75 Å². The number of aromatic nitrogens is 3. The average Bonchev–Trinajstić information content (AvgIpc) is 3.44. The van der Waals surface area contributed by atoms with Gasteiger partial charge >= 0.3 is 0 Å². The Morgan fingerprint density at radius 3 is 2.93 bits per heavy atom. The molecule has 0 saturated heterocycles. The molecular weight excluding hydrogens is 356 g/mol. The van der Waals surface area contributed by atoms with Gasteiger partial charge in [0.05, 0.1) is 24.8 Å². The summed E-state index contributed by atoms with van der Waals surface area (Å²) < 4.78 is 7.29. The molecule has 7 nitrogen and oxygen atoms in total. The highest BCUT2D eigenvalue weighted by Crippen LogP contribution is 2.33. The van der Waals surface area contributed by atoms with Crippen LogP contribution in [0.4, 0.5) is 0 Å². The van der Waals surface area contributed by atoms with Gasteiger partial charge in [-0.1, -0.05) is 18.2 Å². The topological polar surface area (TPSA) is 92.2 Å². The Balaban J connectivity index is 1.47. The second kappa shape index (κ2) is 7.90. The second-order valence-corrected chi connectivity index (χ2v) is 7.20. The number of aliphatic hydroxyl groups is 1. The molecule has 4 rings (SSSR count). The van der Waals surface area contributed by atoms with E-state index in [-0.39, 0.29) is 17.9 Å². The summed E-state index contributed by atoms with van der Waals surface area (Å²) in [6, 6.07) is 9.20. The van der Waals surface area contributed by atoms with Gasteiger partial charge in [0, 0.05) is 42.5 Å². The molecule has 2 aromatic heterocycles. The highest BCUT2D eigenvalue weighted by Gasteiger charge is 2.34. The molecule has 3 aromatic rings. The monoisotopic (exact) mass is 380 g/mol. The third-order valence-corrected chi connectivity index (χ3v) is 5.33. The molecular formula is C21H24N4O3. The third kappa shape index (κ3) is 3.66. The van der Waals surface area contributed by atoms with Gasteiger partial charge in [-0.15, -0.1) is 0 Å². The molecule has 0 radical (unpaired) electrons. The minimum atomic E-state index is -0.557. The largest absolute Gasteiger partial charge is 0.496 e. The van der Waals surface area contributed by atoms with Crippen molar-refractivity contribution < 1.29 is 14.6 Å². The van der Waals surface area contributed by atoms with Crippen LogP contribution in [0, 0.1) is 5.92 Å². The number of H-pyrrole nitrogens is 1. The van der Waals surface area contributed by atoms with E-state index in [2.05, 4.69) is 15.4 Å². The smallest absolute Gasteiger partial charge is 0.253 e. The summed E-state index contributed by atoms with van der Waals surface area (Å²) in [5.74, 6) is 0.780. The molecule has 1 amide bonds. The SMILES string of the molecule is COc1ccccc1-c1c[nH]cc1C(=O)N[C@@H]1CC(Cn2cccn2)C[C@H]1O. The number of para-hydroxylation sites is 1. The molecule has 2 heterocycles. The van der Waals surface area contributed by atoms with Crippen LogP contribution in [0.3, 0.4) is 0 Å². The van der Waals surface area contributed by atoms with Crippen molar-refractivity contribution in [3.63, 3.8) is 0 Å². The predicted octanol–water partition coefficient (Wildman–Crippen LogP) is 2.46. The molecule has 1 aliphatic rings. The van der Waals surface area contributed by atoms with Gasteiger partial charge in [-0.05, 0) is 30.9 Å². The first kappa shape index (κ1) is 18.3. The van der Waals surface area contributed by atoms with E-state index in [0.717, 1.165) is 24.1 Å². The fourth-order valence-corrected chi connectivity index (χ4v) is 3.98. The van der Waals surface area contributed by atoms with Crippen LogP contribution < -0.4 is 10.1 Å². The minimum absolute atomic E-state index is 0.203. The molecule has 28 heavy (non-hydrogen) atoms. The zero-order chi connectivity index (χ0) is 19.5. The Kier molecular flexibility index (Phi) is 5.16. The van der Waals surface area contributed by atoms with Crippen molar-refractivity contribution in [3.05, 3.63) is 60.7 Å². The van der Waals surface area contributed by atoms with E-state index < -0.39 is 6.10 Å². The number of methoxy groups -OCH3 is 1. The number of hydrogen-bond acceptors (Lipinski definition) is 4. The summed E-state index contributed by atoms with van der Waals surface area (Å²) in [6.45, 7) is 0.743. The number of benzene rings is 1. The van der Waals surface area contributed by atoms with E-state index >= 15 is 0 Å². The molecule has 1 aliphatic carbocycles. The number of carbonyl (C=O) groups excluding carboxylic acids is 1. The minimum Gasteiger partial charge on any atom is -0.496 e. The zero-order valence-corrected chi connectivity index (χ0v) is 15.7. The van der Waals surface area contributed by atoms with E-state index in [9.17, 15) is 9.90 Å². The van der Waals surface area contributed by atoms with Crippen molar-refractivity contribution >= 4 is 5.91 Å². The first-order chi connectivity index (χ1) is 13.7. The summed E-state index contributed by atoms with van der Waals surface area (Å²) in [7, 11) is 1.61. The summed E-state index contributed by atoms with van der Waals surface area (Å²) in [4.78, 5) is 15.9. The number of rotatable bonds is 6. The summed E-state index contributed by atoms with van der Waals surface area (Å²) >= 11 is 0. The normalized spacial score (nSPS) is 21.6. The lowest BCUT2D eigenvalue weighted by Crippen LogP contribution is -2.40. The van der Waals surface area contributed by atoms with Crippen molar-refractivity contribution in [1.29, 1.82) is 0 Å². The highest BCUT2D eigenvalue weighted by molar-refractivity contribution is 6.01. The van der Waals surface area contributed by atoms with Crippen LogP contribution in [-0.2, 0) is 6.54 Å². The van der Waals surface area contributed by atoms with Crippen LogP contribution in [0.1, 0.15) is 23.2 Å². The van der Waals surface area contributed by atoms with Gasteiger partial charge in [-0.25, -0.2) is 0 Å². The Labute approximate surface area is 163 Å².